The molecule has 0 aliphatic carbocycles. The van der Waals surface area contributed by atoms with Crippen molar-refractivity contribution >= 4 is 24.7 Å². The van der Waals surface area contributed by atoms with Gasteiger partial charge in [-0.25, -0.2) is 0 Å². The number of hydrogen-bond acceptors (Lipinski definition) is 3. The quantitative estimate of drug-likeness (QED) is 0.150. The summed E-state index contributed by atoms with van der Waals surface area (Å²) in [6, 6.07) is 0.936. The summed E-state index contributed by atoms with van der Waals surface area (Å²) in [4.78, 5) is 0. The lowest BCUT2D eigenvalue weighted by Gasteiger charge is -2.24. The topological polar surface area (TPSA) is 27.7 Å². The Morgan fingerprint density at radius 2 is 0.826 bits per heavy atom. The molecule has 0 aromatic carbocycles. The zero-order valence-corrected chi connectivity index (χ0v) is 18.3. The fourth-order valence-corrected chi connectivity index (χ4v) is 5.13. The van der Waals surface area contributed by atoms with E-state index in [2.05, 4.69) is 15.9 Å². The Hall–Kier alpha value is 0.577. The predicted octanol–water partition coefficient (Wildman–Crippen LogP) is 6.33. The molecular weight excluding hydrogens is 372 g/mol. The number of rotatable bonds is 18. The van der Waals surface area contributed by atoms with Crippen molar-refractivity contribution < 1.29 is 13.3 Å². The van der Waals surface area contributed by atoms with Crippen LogP contribution in [0.15, 0.2) is 0 Å². The highest BCUT2D eigenvalue weighted by molar-refractivity contribution is 9.09. The van der Waals surface area contributed by atoms with E-state index in [1.165, 1.54) is 82.4 Å². The Kier molecular flexibility index (Phi) is 17.8. The molecule has 0 spiro atoms. The van der Waals surface area contributed by atoms with Gasteiger partial charge in [0.05, 0.1) is 0 Å². The molecular formula is C18H39BrO3Si. The van der Waals surface area contributed by atoms with Crippen LogP contribution in [0.5, 0.6) is 0 Å². The second kappa shape index (κ2) is 17.4. The molecule has 0 heterocycles. The van der Waals surface area contributed by atoms with Crippen LogP contribution in [-0.2, 0) is 13.3 Å². The average molecular weight is 411 g/mol. The molecule has 23 heavy (non-hydrogen) atoms. The van der Waals surface area contributed by atoms with E-state index in [4.69, 9.17) is 13.3 Å². The zero-order valence-electron chi connectivity index (χ0n) is 15.7. The van der Waals surface area contributed by atoms with Crippen LogP contribution >= 0.6 is 15.9 Å². The second-order valence-corrected chi connectivity index (χ2v) is 10.2. The van der Waals surface area contributed by atoms with Crippen LogP contribution in [0.3, 0.4) is 0 Å². The third-order valence-electron chi connectivity index (χ3n) is 4.55. The predicted molar refractivity (Wildman–Crippen MR) is 105 cm³/mol. The third-order valence-corrected chi connectivity index (χ3v) is 7.94. The minimum Gasteiger partial charge on any atom is -0.377 e. The van der Waals surface area contributed by atoms with Crippen LogP contribution in [0.25, 0.3) is 0 Å². The molecule has 0 saturated carbocycles. The lowest BCUT2D eigenvalue weighted by atomic mass is 10.1. The average Bonchev–Trinajstić information content (AvgIpc) is 2.59. The first kappa shape index (κ1) is 23.6. The van der Waals surface area contributed by atoms with Crippen LogP contribution in [0.2, 0.25) is 6.04 Å². The second-order valence-electron chi connectivity index (χ2n) is 6.33. The van der Waals surface area contributed by atoms with Crippen molar-refractivity contribution in [3.05, 3.63) is 0 Å². The van der Waals surface area contributed by atoms with Crippen LogP contribution in [-0.4, -0.2) is 35.5 Å². The van der Waals surface area contributed by atoms with Gasteiger partial charge in [-0.15, -0.1) is 0 Å². The standard InChI is InChI=1S/C18H39BrO3Si/c1-20-23(21-2,22-3)18-16-14-12-10-8-6-4-5-7-9-11-13-15-17-19/h4-18H2,1-3H3. The molecule has 0 aliphatic rings. The van der Waals surface area contributed by atoms with E-state index in [0.29, 0.717) is 0 Å². The minimum atomic E-state index is -2.32. The molecule has 0 aromatic heterocycles. The number of unbranched alkanes of at least 4 members (excludes halogenated alkanes) is 12. The van der Waals surface area contributed by atoms with E-state index < -0.39 is 8.80 Å². The summed E-state index contributed by atoms with van der Waals surface area (Å²) in [5.74, 6) is 0. The SMILES string of the molecule is CO[Si](CCCCCCCCCCCCCCCBr)(OC)OC. The zero-order chi connectivity index (χ0) is 17.2. The van der Waals surface area contributed by atoms with Gasteiger partial charge in [0.15, 0.2) is 0 Å². The molecule has 0 rings (SSSR count). The molecule has 0 N–H and O–H groups in total. The fourth-order valence-electron chi connectivity index (χ4n) is 2.94. The first-order chi connectivity index (χ1) is 11.2. The largest absolute Gasteiger partial charge is 0.500 e. The van der Waals surface area contributed by atoms with E-state index in [1.54, 1.807) is 21.3 Å². The van der Waals surface area contributed by atoms with E-state index in [1.807, 2.05) is 0 Å². The van der Waals surface area contributed by atoms with Gasteiger partial charge in [-0.3, -0.25) is 0 Å². The van der Waals surface area contributed by atoms with Crippen molar-refractivity contribution in [3.8, 4) is 0 Å². The summed E-state index contributed by atoms with van der Waals surface area (Å²) in [5.41, 5.74) is 0. The van der Waals surface area contributed by atoms with Gasteiger partial charge in [-0.05, 0) is 12.8 Å². The monoisotopic (exact) mass is 410 g/mol. The summed E-state index contributed by atoms with van der Waals surface area (Å²) < 4.78 is 16.3. The molecule has 3 nitrogen and oxygen atoms in total. The maximum atomic E-state index is 5.44. The highest BCUT2D eigenvalue weighted by Gasteiger charge is 2.36. The summed E-state index contributed by atoms with van der Waals surface area (Å²) >= 11 is 3.49. The van der Waals surface area contributed by atoms with E-state index in [-0.39, 0.29) is 0 Å². The molecule has 5 heteroatoms. The van der Waals surface area contributed by atoms with Crippen LogP contribution in [0, 0.1) is 0 Å². The minimum absolute atomic E-state index is 0.936. The smallest absolute Gasteiger partial charge is 0.377 e. The lowest BCUT2D eigenvalue weighted by Crippen LogP contribution is -2.42. The van der Waals surface area contributed by atoms with Gasteiger partial charge < -0.3 is 13.3 Å². The fraction of sp³-hybridized carbons (Fsp3) is 1.00. The molecule has 0 saturated heterocycles. The normalized spacial score (nSPS) is 12.0. The molecule has 0 unspecified atom stereocenters. The van der Waals surface area contributed by atoms with Crippen LogP contribution in [0.4, 0.5) is 0 Å². The van der Waals surface area contributed by atoms with Gasteiger partial charge in [0, 0.05) is 32.7 Å². The Bertz CT molecular complexity index is 230. The molecule has 0 radical (unpaired) electrons. The molecule has 0 fully saturated rings. The molecule has 0 amide bonds. The Labute approximate surface area is 154 Å². The Balaban J connectivity index is 3.25. The van der Waals surface area contributed by atoms with Crippen molar-refractivity contribution in [3.63, 3.8) is 0 Å². The number of hydrogen-bond donors (Lipinski definition) is 0. The molecule has 0 aromatic rings. The first-order valence-corrected chi connectivity index (χ1v) is 12.5. The molecule has 140 valence electrons. The van der Waals surface area contributed by atoms with Crippen LogP contribution in [0.1, 0.15) is 83.5 Å². The summed E-state index contributed by atoms with van der Waals surface area (Å²) in [6.07, 6.45) is 17.8. The highest BCUT2D eigenvalue weighted by atomic mass is 79.9. The molecule has 0 bridgehead atoms. The van der Waals surface area contributed by atoms with E-state index in [9.17, 15) is 0 Å². The van der Waals surface area contributed by atoms with Gasteiger partial charge in [0.2, 0.25) is 0 Å². The van der Waals surface area contributed by atoms with Gasteiger partial charge in [0.25, 0.3) is 0 Å². The van der Waals surface area contributed by atoms with Crippen LogP contribution < -0.4 is 0 Å². The third kappa shape index (κ3) is 13.5. The van der Waals surface area contributed by atoms with Crippen molar-refractivity contribution in [1.29, 1.82) is 0 Å². The summed E-state index contributed by atoms with van der Waals surface area (Å²) in [6.45, 7) is 0. The Morgan fingerprint density at radius 3 is 1.13 bits per heavy atom. The van der Waals surface area contributed by atoms with E-state index >= 15 is 0 Å². The van der Waals surface area contributed by atoms with Crippen molar-refractivity contribution in [2.45, 2.75) is 89.5 Å². The van der Waals surface area contributed by atoms with Gasteiger partial charge >= 0.3 is 8.80 Å². The van der Waals surface area contributed by atoms with Crippen molar-refractivity contribution in [2.24, 2.45) is 0 Å². The first-order valence-electron chi connectivity index (χ1n) is 9.46. The Morgan fingerprint density at radius 1 is 0.522 bits per heavy atom. The van der Waals surface area contributed by atoms with Crippen molar-refractivity contribution in [1.82, 2.24) is 0 Å². The van der Waals surface area contributed by atoms with Gasteiger partial charge in [-0.2, -0.15) is 0 Å². The van der Waals surface area contributed by atoms with Gasteiger partial charge in [0.1, 0.15) is 0 Å². The highest BCUT2D eigenvalue weighted by Crippen LogP contribution is 2.18. The maximum Gasteiger partial charge on any atom is 0.500 e. The molecule has 0 atom stereocenters. The molecule has 0 aliphatic heterocycles. The lowest BCUT2D eigenvalue weighted by molar-refractivity contribution is 0.122. The van der Waals surface area contributed by atoms with Gasteiger partial charge in [-0.1, -0.05) is 86.6 Å². The summed E-state index contributed by atoms with van der Waals surface area (Å²) in [5, 5.41) is 1.17. The maximum absolute atomic E-state index is 5.44. The number of halogens is 1. The summed E-state index contributed by atoms with van der Waals surface area (Å²) in [7, 11) is 2.76. The van der Waals surface area contributed by atoms with E-state index in [0.717, 1.165) is 12.5 Å². The van der Waals surface area contributed by atoms with Crippen molar-refractivity contribution in [2.75, 3.05) is 26.7 Å². The number of alkyl halides is 1.